The van der Waals surface area contributed by atoms with E-state index in [-0.39, 0.29) is 11.8 Å². The molecule has 0 fully saturated rings. The van der Waals surface area contributed by atoms with Gasteiger partial charge in [0.1, 0.15) is 0 Å². The lowest BCUT2D eigenvalue weighted by molar-refractivity contribution is -0.129. The second-order valence-electron chi connectivity index (χ2n) is 4.85. The molecule has 1 heterocycles. The van der Waals surface area contributed by atoms with Gasteiger partial charge in [-0.15, -0.1) is 0 Å². The molecule has 6 nitrogen and oxygen atoms in total. The van der Waals surface area contributed by atoms with Gasteiger partial charge in [0, 0.05) is 30.1 Å². The van der Waals surface area contributed by atoms with Crippen molar-refractivity contribution >= 4 is 22.7 Å². The molecule has 0 radical (unpaired) electrons. The lowest BCUT2D eigenvalue weighted by Crippen LogP contribution is -2.24. The third-order valence-corrected chi connectivity index (χ3v) is 3.32. The maximum atomic E-state index is 12.1. The molecule has 2 amide bonds. The Morgan fingerprint density at radius 1 is 1.14 bits per heavy atom. The van der Waals surface area contributed by atoms with E-state index in [0.717, 1.165) is 23.7 Å². The number of hydrogen-bond acceptors (Lipinski definition) is 3. The third-order valence-electron chi connectivity index (χ3n) is 3.32. The topological polar surface area (TPSA) is 94.2 Å². The van der Waals surface area contributed by atoms with Gasteiger partial charge in [-0.25, -0.2) is 5.48 Å². The summed E-state index contributed by atoms with van der Waals surface area (Å²) in [5, 5.41) is 12.1. The zero-order chi connectivity index (χ0) is 15.1. The molecule has 0 atom stereocenters. The maximum Gasteiger partial charge on any atom is 0.253 e. The van der Waals surface area contributed by atoms with Gasteiger partial charge in [0.25, 0.3) is 5.91 Å². The van der Waals surface area contributed by atoms with E-state index in [4.69, 9.17) is 5.21 Å². The standard InChI is InChI=1S/C15H19N3O3/c19-14(18-21)8-2-1-5-9-16-15(20)12-10-17-13-7-4-3-6-11(12)13/h3-4,6-7,10,17,21H,1-2,5,8-9H2,(H,16,20)(H,18,19). The molecule has 0 saturated carbocycles. The Labute approximate surface area is 122 Å². The second kappa shape index (κ2) is 7.44. The molecule has 112 valence electrons. The van der Waals surface area contributed by atoms with Crippen LogP contribution in [0.1, 0.15) is 36.0 Å². The van der Waals surface area contributed by atoms with E-state index in [2.05, 4.69) is 10.3 Å². The van der Waals surface area contributed by atoms with Crippen molar-refractivity contribution in [2.45, 2.75) is 25.7 Å². The van der Waals surface area contributed by atoms with Gasteiger partial charge in [0.15, 0.2) is 0 Å². The minimum atomic E-state index is -0.377. The van der Waals surface area contributed by atoms with Crippen LogP contribution in [0.5, 0.6) is 0 Å². The number of benzene rings is 1. The SMILES string of the molecule is O=C(CCCCCNC(=O)c1c[nH]c2ccccc12)NO. The largest absolute Gasteiger partial charge is 0.360 e. The Balaban J connectivity index is 1.74. The highest BCUT2D eigenvalue weighted by Gasteiger charge is 2.10. The number of fused-ring (bicyclic) bond motifs is 1. The number of nitrogens with one attached hydrogen (secondary N) is 3. The van der Waals surface area contributed by atoms with Crippen LogP contribution in [0.4, 0.5) is 0 Å². The Morgan fingerprint density at radius 2 is 1.95 bits per heavy atom. The second-order valence-corrected chi connectivity index (χ2v) is 4.85. The zero-order valence-corrected chi connectivity index (χ0v) is 11.7. The number of H-pyrrole nitrogens is 1. The zero-order valence-electron chi connectivity index (χ0n) is 11.7. The highest BCUT2D eigenvalue weighted by Crippen LogP contribution is 2.17. The van der Waals surface area contributed by atoms with Crippen LogP contribution in [0.3, 0.4) is 0 Å². The molecule has 6 heteroatoms. The summed E-state index contributed by atoms with van der Waals surface area (Å²) < 4.78 is 0. The Hall–Kier alpha value is -2.34. The molecule has 4 N–H and O–H groups in total. The number of rotatable bonds is 7. The first-order valence-electron chi connectivity index (χ1n) is 6.99. The van der Waals surface area contributed by atoms with Gasteiger partial charge in [0.05, 0.1) is 5.56 Å². The summed E-state index contributed by atoms with van der Waals surface area (Å²) in [5.41, 5.74) is 3.18. The molecular weight excluding hydrogens is 270 g/mol. The van der Waals surface area contributed by atoms with Crippen LogP contribution in [0.15, 0.2) is 30.5 Å². The number of hydroxylamine groups is 1. The minimum Gasteiger partial charge on any atom is -0.360 e. The summed E-state index contributed by atoms with van der Waals surface area (Å²) in [5.74, 6) is -0.474. The number of unbranched alkanes of at least 4 members (excludes halogenated alkanes) is 2. The van der Waals surface area contributed by atoms with Crippen molar-refractivity contribution in [3.8, 4) is 0 Å². The van der Waals surface area contributed by atoms with Crippen LogP contribution in [0.25, 0.3) is 10.9 Å². The van der Waals surface area contributed by atoms with Crippen LogP contribution in [0.2, 0.25) is 0 Å². The van der Waals surface area contributed by atoms with Crippen molar-refractivity contribution in [1.29, 1.82) is 0 Å². The molecule has 0 saturated heterocycles. The lowest BCUT2D eigenvalue weighted by Gasteiger charge is -2.04. The highest BCUT2D eigenvalue weighted by molar-refractivity contribution is 6.06. The van der Waals surface area contributed by atoms with E-state index in [1.807, 2.05) is 24.3 Å². The van der Waals surface area contributed by atoms with Crippen molar-refractivity contribution in [3.05, 3.63) is 36.0 Å². The van der Waals surface area contributed by atoms with Crippen molar-refractivity contribution in [3.63, 3.8) is 0 Å². The molecule has 2 aromatic rings. The van der Waals surface area contributed by atoms with Crippen molar-refractivity contribution in [1.82, 2.24) is 15.8 Å². The first-order chi connectivity index (χ1) is 10.2. The number of amides is 2. The Bertz CT molecular complexity index is 621. The first kappa shape index (κ1) is 15.1. The Kier molecular flexibility index (Phi) is 5.34. The van der Waals surface area contributed by atoms with E-state index < -0.39 is 0 Å². The fraction of sp³-hybridized carbons (Fsp3) is 0.333. The lowest BCUT2D eigenvalue weighted by atomic mass is 10.1. The fourth-order valence-electron chi connectivity index (χ4n) is 2.20. The molecule has 0 aliphatic rings. The maximum absolute atomic E-state index is 12.1. The smallest absolute Gasteiger partial charge is 0.253 e. The van der Waals surface area contributed by atoms with E-state index in [0.29, 0.717) is 24.9 Å². The normalized spacial score (nSPS) is 10.5. The molecule has 1 aromatic heterocycles. The predicted molar refractivity (Wildman–Crippen MR) is 79.0 cm³/mol. The van der Waals surface area contributed by atoms with E-state index in [9.17, 15) is 9.59 Å². The number of aromatic nitrogens is 1. The number of aromatic amines is 1. The number of carbonyl (C=O) groups is 2. The fourth-order valence-corrected chi connectivity index (χ4v) is 2.20. The highest BCUT2D eigenvalue weighted by atomic mass is 16.5. The molecule has 0 aliphatic heterocycles. The molecule has 2 rings (SSSR count). The van der Waals surface area contributed by atoms with Crippen LogP contribution < -0.4 is 10.8 Å². The van der Waals surface area contributed by atoms with Gasteiger partial charge in [-0.05, 0) is 18.9 Å². The van der Waals surface area contributed by atoms with Crippen molar-refractivity contribution < 1.29 is 14.8 Å². The van der Waals surface area contributed by atoms with Crippen LogP contribution in [-0.4, -0.2) is 28.6 Å². The first-order valence-corrected chi connectivity index (χ1v) is 6.99. The summed E-state index contributed by atoms with van der Waals surface area (Å²) >= 11 is 0. The summed E-state index contributed by atoms with van der Waals surface area (Å²) in [6.45, 7) is 0.569. The van der Waals surface area contributed by atoms with Crippen LogP contribution >= 0.6 is 0 Å². The molecule has 0 unspecified atom stereocenters. The molecular formula is C15H19N3O3. The average molecular weight is 289 g/mol. The summed E-state index contributed by atoms with van der Waals surface area (Å²) in [6.07, 6.45) is 4.32. The van der Waals surface area contributed by atoms with E-state index >= 15 is 0 Å². The monoisotopic (exact) mass is 289 g/mol. The average Bonchev–Trinajstić information content (AvgIpc) is 2.94. The Morgan fingerprint density at radius 3 is 2.76 bits per heavy atom. The van der Waals surface area contributed by atoms with E-state index in [1.165, 1.54) is 0 Å². The minimum absolute atomic E-state index is 0.0967. The summed E-state index contributed by atoms with van der Waals surface area (Å²) in [7, 11) is 0. The molecule has 0 bridgehead atoms. The van der Waals surface area contributed by atoms with Gasteiger partial charge < -0.3 is 10.3 Å². The van der Waals surface area contributed by atoms with Gasteiger partial charge in [-0.2, -0.15) is 0 Å². The van der Waals surface area contributed by atoms with E-state index in [1.54, 1.807) is 11.7 Å². The molecule has 1 aromatic carbocycles. The number of para-hydroxylation sites is 1. The third kappa shape index (κ3) is 4.06. The summed E-state index contributed by atoms with van der Waals surface area (Å²) in [6, 6.07) is 7.66. The molecule has 0 spiro atoms. The summed E-state index contributed by atoms with van der Waals surface area (Å²) in [4.78, 5) is 25.9. The molecule has 21 heavy (non-hydrogen) atoms. The van der Waals surface area contributed by atoms with Gasteiger partial charge in [0.2, 0.25) is 5.91 Å². The van der Waals surface area contributed by atoms with Crippen molar-refractivity contribution in [2.24, 2.45) is 0 Å². The predicted octanol–water partition coefficient (Wildman–Crippen LogP) is 1.96. The molecule has 0 aliphatic carbocycles. The van der Waals surface area contributed by atoms with Crippen LogP contribution in [0, 0.1) is 0 Å². The van der Waals surface area contributed by atoms with Gasteiger partial charge in [-0.3, -0.25) is 14.8 Å². The number of carbonyl (C=O) groups excluding carboxylic acids is 2. The van der Waals surface area contributed by atoms with Gasteiger partial charge in [-0.1, -0.05) is 24.6 Å². The number of hydrogen-bond donors (Lipinski definition) is 4. The van der Waals surface area contributed by atoms with Crippen LogP contribution in [-0.2, 0) is 4.79 Å². The van der Waals surface area contributed by atoms with Gasteiger partial charge >= 0.3 is 0 Å². The quantitative estimate of drug-likeness (QED) is 0.356. The van der Waals surface area contributed by atoms with Crippen molar-refractivity contribution in [2.75, 3.05) is 6.54 Å².